The lowest BCUT2D eigenvalue weighted by Gasteiger charge is -2.10. The Balaban J connectivity index is 1.87. The number of carbonyl (C=O) groups excluding carboxylic acids is 1. The van der Waals surface area contributed by atoms with Crippen LogP contribution in [0.15, 0.2) is 47.9 Å². The first-order valence-corrected chi connectivity index (χ1v) is 7.43. The summed E-state index contributed by atoms with van der Waals surface area (Å²) in [6.07, 6.45) is 3.24. The molecule has 0 amide bonds. The van der Waals surface area contributed by atoms with Crippen molar-refractivity contribution in [3.63, 3.8) is 0 Å². The van der Waals surface area contributed by atoms with Crippen molar-refractivity contribution in [2.45, 2.75) is 17.2 Å². The summed E-state index contributed by atoms with van der Waals surface area (Å²) in [6.45, 7) is 1.89. The van der Waals surface area contributed by atoms with Crippen LogP contribution in [0.4, 0.5) is 0 Å². The summed E-state index contributed by atoms with van der Waals surface area (Å²) in [5, 5.41) is 5.62. The van der Waals surface area contributed by atoms with Crippen LogP contribution >= 0.6 is 11.8 Å². The highest BCUT2D eigenvalue weighted by atomic mass is 32.2. The Bertz CT molecular complexity index is 785. The van der Waals surface area contributed by atoms with Gasteiger partial charge in [0.05, 0.1) is 16.8 Å². The number of fused-ring (bicyclic) bond motifs is 1. The minimum atomic E-state index is -0.217. The van der Waals surface area contributed by atoms with E-state index >= 15 is 0 Å². The number of carbonyl (C=O) groups is 1. The molecular formula is C15H14N4OS. The molecule has 106 valence electrons. The van der Waals surface area contributed by atoms with Gasteiger partial charge in [0.2, 0.25) is 0 Å². The summed E-state index contributed by atoms with van der Waals surface area (Å²) < 4.78 is 1.70. The number of nitrogens with zero attached hydrogens (tertiary/aromatic N) is 4. The fraction of sp³-hybridized carbons (Fsp3) is 0.200. The van der Waals surface area contributed by atoms with Crippen molar-refractivity contribution in [1.82, 2.24) is 19.7 Å². The van der Waals surface area contributed by atoms with Gasteiger partial charge >= 0.3 is 0 Å². The van der Waals surface area contributed by atoms with Gasteiger partial charge in [-0.15, -0.1) is 0 Å². The van der Waals surface area contributed by atoms with Gasteiger partial charge in [0.25, 0.3) is 0 Å². The number of aryl methyl sites for hydroxylation is 1. The zero-order valence-electron chi connectivity index (χ0n) is 11.7. The van der Waals surface area contributed by atoms with Gasteiger partial charge in [-0.1, -0.05) is 42.1 Å². The van der Waals surface area contributed by atoms with E-state index in [4.69, 9.17) is 0 Å². The van der Waals surface area contributed by atoms with Crippen LogP contribution in [-0.4, -0.2) is 30.8 Å². The normalized spacial score (nSPS) is 12.5. The van der Waals surface area contributed by atoms with E-state index in [0.29, 0.717) is 5.56 Å². The Labute approximate surface area is 126 Å². The highest BCUT2D eigenvalue weighted by Crippen LogP contribution is 2.29. The smallest absolute Gasteiger partial charge is 0.175 e. The van der Waals surface area contributed by atoms with E-state index in [9.17, 15) is 4.79 Å². The number of hydrogen-bond acceptors (Lipinski definition) is 5. The van der Waals surface area contributed by atoms with Gasteiger partial charge in [0.1, 0.15) is 11.4 Å². The zero-order valence-corrected chi connectivity index (χ0v) is 12.5. The van der Waals surface area contributed by atoms with Gasteiger partial charge in [-0.2, -0.15) is 5.10 Å². The molecule has 0 aliphatic carbocycles. The average Bonchev–Trinajstić information content (AvgIpc) is 2.90. The maximum Gasteiger partial charge on any atom is 0.175 e. The molecule has 0 saturated heterocycles. The van der Waals surface area contributed by atoms with Crippen molar-refractivity contribution in [3.8, 4) is 0 Å². The molecule has 0 bridgehead atoms. The highest BCUT2D eigenvalue weighted by Gasteiger charge is 2.19. The summed E-state index contributed by atoms with van der Waals surface area (Å²) in [7, 11) is 1.84. The third-order valence-electron chi connectivity index (χ3n) is 3.21. The van der Waals surface area contributed by atoms with Crippen LogP contribution in [0.1, 0.15) is 17.3 Å². The SMILES string of the molecule is CC(Sc1ncnc2c1cnn2C)C(=O)c1ccccc1. The molecule has 3 aromatic rings. The average molecular weight is 298 g/mol. The van der Waals surface area contributed by atoms with Gasteiger partial charge in [-0.25, -0.2) is 9.97 Å². The van der Waals surface area contributed by atoms with Gasteiger partial charge < -0.3 is 0 Å². The van der Waals surface area contributed by atoms with E-state index in [2.05, 4.69) is 15.1 Å². The number of benzene rings is 1. The molecular weight excluding hydrogens is 284 g/mol. The number of aromatic nitrogens is 4. The zero-order chi connectivity index (χ0) is 14.8. The number of rotatable bonds is 4. The number of hydrogen-bond donors (Lipinski definition) is 0. The molecule has 1 atom stereocenters. The van der Waals surface area contributed by atoms with Gasteiger partial charge in [0.15, 0.2) is 11.4 Å². The first-order valence-electron chi connectivity index (χ1n) is 6.55. The van der Waals surface area contributed by atoms with Crippen LogP contribution in [0.5, 0.6) is 0 Å². The molecule has 6 heteroatoms. The van der Waals surface area contributed by atoms with Crippen LogP contribution in [-0.2, 0) is 7.05 Å². The molecule has 1 unspecified atom stereocenters. The monoisotopic (exact) mass is 298 g/mol. The van der Waals surface area contributed by atoms with Crippen LogP contribution < -0.4 is 0 Å². The Morgan fingerprint density at radius 3 is 2.76 bits per heavy atom. The topological polar surface area (TPSA) is 60.7 Å². The molecule has 2 aromatic heterocycles. The van der Waals surface area contributed by atoms with Crippen molar-refractivity contribution in [2.75, 3.05) is 0 Å². The molecule has 2 heterocycles. The molecule has 3 rings (SSSR count). The first kappa shape index (κ1) is 13.8. The molecule has 0 spiro atoms. The standard InChI is InChI=1S/C15H14N4OS/c1-10(13(20)11-6-4-3-5-7-11)21-15-12-8-18-19(2)14(12)16-9-17-15/h3-10H,1-2H3. The van der Waals surface area contributed by atoms with Crippen LogP contribution in [0, 0.1) is 0 Å². The summed E-state index contributed by atoms with van der Waals surface area (Å²) in [5.41, 5.74) is 1.49. The molecule has 5 nitrogen and oxygen atoms in total. The largest absolute Gasteiger partial charge is 0.293 e. The second-order valence-electron chi connectivity index (χ2n) is 4.67. The Morgan fingerprint density at radius 1 is 1.24 bits per heavy atom. The molecule has 0 aliphatic heterocycles. The van der Waals surface area contributed by atoms with Crippen molar-refractivity contribution in [3.05, 3.63) is 48.4 Å². The van der Waals surface area contributed by atoms with Crippen molar-refractivity contribution < 1.29 is 4.79 Å². The summed E-state index contributed by atoms with van der Waals surface area (Å²) in [5.74, 6) is 0.0938. The minimum Gasteiger partial charge on any atom is -0.293 e. The van der Waals surface area contributed by atoms with Gasteiger partial charge in [-0.05, 0) is 6.92 Å². The molecule has 0 saturated carbocycles. The summed E-state index contributed by atoms with van der Waals surface area (Å²) >= 11 is 1.44. The van der Waals surface area contributed by atoms with E-state index < -0.39 is 0 Å². The lowest BCUT2D eigenvalue weighted by Crippen LogP contribution is -2.13. The Hall–Kier alpha value is -2.21. The molecule has 1 aromatic carbocycles. The predicted octanol–water partition coefficient (Wildman–Crippen LogP) is 2.73. The van der Waals surface area contributed by atoms with Crippen molar-refractivity contribution in [2.24, 2.45) is 7.05 Å². The molecule has 0 radical (unpaired) electrons. The van der Waals surface area contributed by atoms with E-state index in [1.165, 1.54) is 18.1 Å². The second-order valence-corrected chi connectivity index (χ2v) is 6.00. The molecule has 0 N–H and O–H groups in total. The van der Waals surface area contributed by atoms with Crippen LogP contribution in [0.3, 0.4) is 0 Å². The summed E-state index contributed by atoms with van der Waals surface area (Å²) in [4.78, 5) is 20.9. The minimum absolute atomic E-state index is 0.0938. The van der Waals surface area contributed by atoms with E-state index in [-0.39, 0.29) is 11.0 Å². The number of ketones is 1. The van der Waals surface area contributed by atoms with E-state index in [0.717, 1.165) is 16.1 Å². The van der Waals surface area contributed by atoms with Crippen LogP contribution in [0.25, 0.3) is 11.0 Å². The van der Waals surface area contributed by atoms with E-state index in [1.54, 1.807) is 10.9 Å². The third-order valence-corrected chi connectivity index (χ3v) is 4.33. The predicted molar refractivity (Wildman–Crippen MR) is 82.4 cm³/mol. The van der Waals surface area contributed by atoms with Crippen molar-refractivity contribution in [1.29, 1.82) is 0 Å². The number of thioether (sulfide) groups is 1. The quantitative estimate of drug-likeness (QED) is 0.421. The molecule has 0 aliphatic rings. The third kappa shape index (κ3) is 2.67. The number of Topliss-reactive ketones (excluding diaryl/α,β-unsaturated/α-hetero) is 1. The lowest BCUT2D eigenvalue weighted by atomic mass is 10.1. The highest BCUT2D eigenvalue weighted by molar-refractivity contribution is 8.00. The van der Waals surface area contributed by atoms with Gasteiger partial charge in [0, 0.05) is 12.6 Å². The first-order chi connectivity index (χ1) is 10.2. The Morgan fingerprint density at radius 2 is 2.00 bits per heavy atom. The van der Waals surface area contributed by atoms with Gasteiger partial charge in [-0.3, -0.25) is 9.48 Å². The maximum atomic E-state index is 12.4. The second kappa shape index (κ2) is 5.65. The fourth-order valence-electron chi connectivity index (χ4n) is 2.09. The van der Waals surface area contributed by atoms with E-state index in [1.807, 2.05) is 44.3 Å². The van der Waals surface area contributed by atoms with Crippen LogP contribution in [0.2, 0.25) is 0 Å². The Kier molecular flexibility index (Phi) is 3.70. The molecule has 0 fully saturated rings. The van der Waals surface area contributed by atoms with Crippen molar-refractivity contribution >= 4 is 28.6 Å². The fourth-order valence-corrected chi connectivity index (χ4v) is 3.05. The lowest BCUT2D eigenvalue weighted by molar-refractivity contribution is 0.0994. The molecule has 21 heavy (non-hydrogen) atoms. The maximum absolute atomic E-state index is 12.4. The summed E-state index contributed by atoms with van der Waals surface area (Å²) in [6, 6.07) is 9.31.